The van der Waals surface area contributed by atoms with E-state index in [1.54, 1.807) is 13.1 Å². The number of hydrogen-bond donors (Lipinski definition) is 2. The number of nitrogens with zero attached hydrogens (tertiary/aromatic N) is 4. The molecule has 1 amide bonds. The summed E-state index contributed by atoms with van der Waals surface area (Å²) in [6.45, 7) is 3.15. The van der Waals surface area contributed by atoms with E-state index in [2.05, 4.69) is 21.3 Å². The van der Waals surface area contributed by atoms with Crippen LogP contribution in [-0.2, 0) is 4.79 Å². The van der Waals surface area contributed by atoms with Crippen molar-refractivity contribution < 1.29 is 9.21 Å². The third kappa shape index (κ3) is 3.26. The van der Waals surface area contributed by atoms with Crippen molar-refractivity contribution in [3.63, 3.8) is 0 Å². The molecule has 5 aromatic rings. The highest BCUT2D eigenvalue weighted by atomic mass is 16.3. The van der Waals surface area contributed by atoms with Crippen molar-refractivity contribution in [1.82, 2.24) is 24.6 Å². The molecule has 0 saturated carbocycles. The van der Waals surface area contributed by atoms with Crippen LogP contribution in [0.25, 0.3) is 44.3 Å². The van der Waals surface area contributed by atoms with Crippen LogP contribution in [0.3, 0.4) is 0 Å². The summed E-state index contributed by atoms with van der Waals surface area (Å²) >= 11 is 0. The van der Waals surface area contributed by atoms with Gasteiger partial charge in [-0.05, 0) is 31.0 Å². The Labute approximate surface area is 190 Å². The lowest BCUT2D eigenvalue weighted by Gasteiger charge is -2.31. The van der Waals surface area contributed by atoms with Crippen molar-refractivity contribution in [1.29, 1.82) is 0 Å². The summed E-state index contributed by atoms with van der Waals surface area (Å²) in [5, 5.41) is 6.64. The molecule has 33 heavy (non-hydrogen) atoms. The Morgan fingerprint density at radius 2 is 2.00 bits per heavy atom. The molecule has 8 nitrogen and oxygen atoms in total. The van der Waals surface area contributed by atoms with Crippen molar-refractivity contribution in [2.45, 2.75) is 25.8 Å². The number of nitrogen functional groups attached to an aromatic ring is 1. The fourth-order valence-corrected chi connectivity index (χ4v) is 4.83. The van der Waals surface area contributed by atoms with Gasteiger partial charge in [-0.1, -0.05) is 12.1 Å². The number of hydrogen-bond acceptors (Lipinski definition) is 5. The second kappa shape index (κ2) is 7.51. The van der Waals surface area contributed by atoms with Gasteiger partial charge in [0.15, 0.2) is 11.4 Å². The summed E-state index contributed by atoms with van der Waals surface area (Å²) < 4.78 is 8.23. The number of anilines is 1. The van der Waals surface area contributed by atoms with E-state index >= 15 is 0 Å². The zero-order chi connectivity index (χ0) is 22.5. The monoisotopic (exact) mass is 440 g/mol. The first-order valence-electron chi connectivity index (χ1n) is 11.1. The van der Waals surface area contributed by atoms with Crippen LogP contribution in [0, 0.1) is 0 Å². The van der Waals surface area contributed by atoms with Gasteiger partial charge < -0.3 is 20.0 Å². The lowest BCUT2D eigenvalue weighted by Crippen LogP contribution is -2.37. The van der Waals surface area contributed by atoms with Crippen molar-refractivity contribution in [3.05, 3.63) is 55.1 Å². The maximum atomic E-state index is 11.6. The first-order chi connectivity index (χ1) is 16.1. The van der Waals surface area contributed by atoms with E-state index in [-0.39, 0.29) is 11.9 Å². The maximum absolute atomic E-state index is 11.6. The molecule has 3 N–H and O–H groups in total. The molecule has 1 aliphatic rings. The number of likely N-dealkylation sites (tertiary alicyclic amines) is 1. The fraction of sp³-hybridized carbons (Fsp3) is 0.240. The minimum absolute atomic E-state index is 0.135. The first kappa shape index (κ1) is 19.6. The van der Waals surface area contributed by atoms with Gasteiger partial charge in [-0.3, -0.25) is 9.48 Å². The molecule has 0 unspecified atom stereocenters. The number of furan rings is 1. The molecule has 1 aromatic carbocycles. The summed E-state index contributed by atoms with van der Waals surface area (Å²) in [6, 6.07) is 10.4. The molecule has 1 aliphatic heterocycles. The van der Waals surface area contributed by atoms with Crippen molar-refractivity contribution in [2.75, 3.05) is 18.8 Å². The van der Waals surface area contributed by atoms with Crippen LogP contribution >= 0.6 is 0 Å². The zero-order valence-corrected chi connectivity index (χ0v) is 18.3. The van der Waals surface area contributed by atoms with Gasteiger partial charge in [0.25, 0.3) is 0 Å². The molecule has 1 fully saturated rings. The minimum Gasteiger partial charge on any atom is -0.452 e. The van der Waals surface area contributed by atoms with Crippen LogP contribution in [-0.4, -0.2) is 43.6 Å². The Balaban J connectivity index is 1.38. The van der Waals surface area contributed by atoms with Crippen molar-refractivity contribution in [2.24, 2.45) is 0 Å². The number of pyridine rings is 1. The number of fused-ring (bicyclic) bond motifs is 2. The molecule has 0 aliphatic carbocycles. The molecule has 8 heteroatoms. The number of H-pyrrole nitrogens is 1. The van der Waals surface area contributed by atoms with E-state index in [9.17, 15) is 4.79 Å². The van der Waals surface area contributed by atoms with E-state index < -0.39 is 0 Å². The van der Waals surface area contributed by atoms with Gasteiger partial charge in [-0.2, -0.15) is 5.10 Å². The molecule has 1 saturated heterocycles. The standard InChI is InChI=1S/C25H24N6O2/c1-15(32)30-9-6-17(7-10-30)31-14-16(12-29-31)21-13-28-25(26)24-20(21)11-23(33-24)19-3-2-4-22-18(19)5-8-27-22/h2-5,8,11-14,17,27H,6-7,9-10H2,1H3,(H2,26,28). The first-order valence-corrected chi connectivity index (χ1v) is 11.1. The third-order valence-electron chi connectivity index (χ3n) is 6.64. The molecule has 6 rings (SSSR count). The second-order valence-electron chi connectivity index (χ2n) is 8.60. The van der Waals surface area contributed by atoms with Crippen LogP contribution in [0.2, 0.25) is 0 Å². The SMILES string of the molecule is CC(=O)N1CCC(n2cc(-c3cnc(N)c4oc(-c5cccc6[nH]ccc56)cc34)cn2)CC1. The van der Waals surface area contributed by atoms with Gasteiger partial charge in [0.1, 0.15) is 5.76 Å². The van der Waals surface area contributed by atoms with E-state index in [1.165, 1.54) is 0 Å². The zero-order valence-electron chi connectivity index (χ0n) is 18.3. The average Bonchev–Trinajstić information content (AvgIpc) is 3.58. The number of aromatic nitrogens is 4. The van der Waals surface area contributed by atoms with Crippen LogP contribution in [0.15, 0.2) is 59.5 Å². The van der Waals surface area contributed by atoms with Gasteiger partial charge in [0.2, 0.25) is 5.91 Å². The number of benzene rings is 1. The van der Waals surface area contributed by atoms with Crippen LogP contribution < -0.4 is 5.73 Å². The highest BCUT2D eigenvalue weighted by Crippen LogP contribution is 2.38. The van der Waals surface area contributed by atoms with Gasteiger partial charge in [-0.15, -0.1) is 0 Å². The van der Waals surface area contributed by atoms with Crippen LogP contribution in [0.5, 0.6) is 0 Å². The summed E-state index contributed by atoms with van der Waals surface area (Å²) in [4.78, 5) is 21.1. The predicted molar refractivity (Wildman–Crippen MR) is 127 cm³/mol. The third-order valence-corrected chi connectivity index (χ3v) is 6.64. The summed E-state index contributed by atoms with van der Waals surface area (Å²) in [5.41, 5.74) is 10.7. The number of carbonyl (C=O) groups excluding carboxylic acids is 1. The number of carbonyl (C=O) groups is 1. The number of aromatic amines is 1. The Hall–Kier alpha value is -4.07. The van der Waals surface area contributed by atoms with Crippen molar-refractivity contribution in [3.8, 4) is 22.5 Å². The van der Waals surface area contributed by atoms with E-state index in [0.717, 1.165) is 64.7 Å². The van der Waals surface area contributed by atoms with E-state index in [1.807, 2.05) is 52.3 Å². The topological polar surface area (TPSA) is 106 Å². The van der Waals surface area contributed by atoms with Crippen LogP contribution in [0.4, 0.5) is 5.82 Å². The smallest absolute Gasteiger partial charge is 0.219 e. The molecule has 0 spiro atoms. The lowest BCUT2D eigenvalue weighted by atomic mass is 10.0. The normalized spacial score (nSPS) is 15.0. The number of nitrogens with one attached hydrogen (secondary N) is 1. The second-order valence-corrected chi connectivity index (χ2v) is 8.60. The Morgan fingerprint density at radius 3 is 2.82 bits per heavy atom. The molecule has 5 heterocycles. The minimum atomic E-state index is 0.135. The molecule has 0 bridgehead atoms. The number of piperidine rings is 1. The van der Waals surface area contributed by atoms with Gasteiger partial charge >= 0.3 is 0 Å². The highest BCUT2D eigenvalue weighted by molar-refractivity contribution is 6.02. The predicted octanol–water partition coefficient (Wildman–Crippen LogP) is 4.61. The summed E-state index contributed by atoms with van der Waals surface area (Å²) in [7, 11) is 0. The fourth-order valence-electron chi connectivity index (χ4n) is 4.83. The van der Waals surface area contributed by atoms with Crippen molar-refractivity contribution >= 4 is 33.6 Å². The Kier molecular flexibility index (Phi) is 4.46. The van der Waals surface area contributed by atoms with Crippen LogP contribution in [0.1, 0.15) is 25.8 Å². The molecule has 166 valence electrons. The Bertz CT molecular complexity index is 1490. The largest absolute Gasteiger partial charge is 0.452 e. The summed E-state index contributed by atoms with van der Waals surface area (Å²) in [6.07, 6.45) is 9.42. The maximum Gasteiger partial charge on any atom is 0.219 e. The quantitative estimate of drug-likeness (QED) is 0.426. The Morgan fingerprint density at radius 1 is 1.15 bits per heavy atom. The summed E-state index contributed by atoms with van der Waals surface area (Å²) in [5.74, 6) is 1.25. The van der Waals surface area contributed by atoms with Gasteiger partial charge in [0.05, 0.1) is 12.2 Å². The van der Waals surface area contributed by atoms with Gasteiger partial charge in [-0.25, -0.2) is 4.98 Å². The van der Waals surface area contributed by atoms with Gasteiger partial charge in [0, 0.05) is 71.6 Å². The molecular formula is C25H24N6O2. The average molecular weight is 441 g/mol. The number of amides is 1. The number of rotatable bonds is 3. The molecular weight excluding hydrogens is 416 g/mol. The molecule has 0 atom stereocenters. The molecule has 0 radical (unpaired) electrons. The van der Waals surface area contributed by atoms with E-state index in [4.69, 9.17) is 10.2 Å². The lowest BCUT2D eigenvalue weighted by molar-refractivity contribution is -0.130. The van der Waals surface area contributed by atoms with E-state index in [0.29, 0.717) is 11.4 Å². The highest BCUT2D eigenvalue weighted by Gasteiger charge is 2.23. The molecule has 4 aromatic heterocycles. The number of nitrogens with two attached hydrogens (primary N) is 1.